The van der Waals surface area contributed by atoms with Gasteiger partial charge in [0.05, 0.1) is 11.8 Å². The third-order valence-corrected chi connectivity index (χ3v) is 3.49. The number of halogens is 1. The number of fused-ring (bicyclic) bond motifs is 1. The topological polar surface area (TPSA) is 59.8 Å². The molecular formula is C16H15FN4O. The van der Waals surface area contributed by atoms with Crippen molar-refractivity contribution in [3.8, 4) is 11.1 Å². The van der Waals surface area contributed by atoms with Crippen molar-refractivity contribution in [1.82, 2.24) is 14.5 Å². The van der Waals surface area contributed by atoms with Gasteiger partial charge in [0, 0.05) is 12.2 Å². The molecule has 1 N–H and O–H groups in total. The second-order valence-corrected chi connectivity index (χ2v) is 5.26. The molecule has 0 spiro atoms. The van der Waals surface area contributed by atoms with Crippen LogP contribution in [-0.4, -0.2) is 20.9 Å². The Morgan fingerprint density at radius 2 is 2.05 bits per heavy atom. The Balaban J connectivity index is 2.16. The number of hydrogen-bond donors (Lipinski definition) is 1. The normalized spacial score (nSPS) is 11.1. The molecule has 0 radical (unpaired) electrons. The molecular weight excluding hydrogens is 283 g/mol. The zero-order valence-electron chi connectivity index (χ0n) is 12.2. The minimum Gasteiger partial charge on any atom is -0.328 e. The first-order chi connectivity index (χ1) is 10.6. The van der Waals surface area contributed by atoms with Gasteiger partial charge in [0.1, 0.15) is 11.3 Å². The highest BCUT2D eigenvalue weighted by Gasteiger charge is 2.12. The number of hydrogen-bond acceptors (Lipinski definition) is 3. The van der Waals surface area contributed by atoms with Crippen molar-refractivity contribution in [2.45, 2.75) is 19.9 Å². The van der Waals surface area contributed by atoms with E-state index in [0.717, 1.165) is 11.1 Å². The fraction of sp³-hybridized carbons (Fsp3) is 0.188. The van der Waals surface area contributed by atoms with Crippen molar-refractivity contribution in [3.63, 3.8) is 0 Å². The fourth-order valence-electron chi connectivity index (χ4n) is 2.42. The lowest BCUT2D eigenvalue weighted by Crippen LogP contribution is -1.99. The Hall–Kier alpha value is -2.76. The second-order valence-electron chi connectivity index (χ2n) is 5.26. The Bertz CT molecular complexity index is 841. The van der Waals surface area contributed by atoms with Crippen molar-refractivity contribution in [2.75, 3.05) is 5.32 Å². The molecule has 0 saturated carbocycles. The van der Waals surface area contributed by atoms with Crippen LogP contribution < -0.4 is 5.32 Å². The summed E-state index contributed by atoms with van der Waals surface area (Å²) in [5.74, 6) is 0.0546. The van der Waals surface area contributed by atoms with E-state index in [1.54, 1.807) is 24.7 Å². The molecule has 0 atom stereocenters. The molecule has 2 heterocycles. The number of benzene rings is 1. The van der Waals surface area contributed by atoms with Gasteiger partial charge in [-0.2, -0.15) is 0 Å². The average molecular weight is 298 g/mol. The van der Waals surface area contributed by atoms with Crippen LogP contribution in [0.15, 0.2) is 36.8 Å². The molecule has 0 aliphatic heterocycles. The summed E-state index contributed by atoms with van der Waals surface area (Å²) in [7, 11) is 0. The first-order valence-electron chi connectivity index (χ1n) is 6.93. The SMILES string of the molecule is CC(C)n1cnc2c(F)cc(-c3ccnc(NC=O)c3)cc21. The lowest BCUT2D eigenvalue weighted by atomic mass is 10.1. The lowest BCUT2D eigenvalue weighted by Gasteiger charge is -2.10. The van der Waals surface area contributed by atoms with Crippen LogP contribution in [0, 0.1) is 5.82 Å². The van der Waals surface area contributed by atoms with E-state index in [-0.39, 0.29) is 11.9 Å². The quantitative estimate of drug-likeness (QED) is 0.751. The Morgan fingerprint density at radius 1 is 1.23 bits per heavy atom. The van der Waals surface area contributed by atoms with Gasteiger partial charge in [-0.05, 0) is 49.2 Å². The van der Waals surface area contributed by atoms with Gasteiger partial charge < -0.3 is 9.88 Å². The number of nitrogens with one attached hydrogen (secondary N) is 1. The first kappa shape index (κ1) is 14.2. The van der Waals surface area contributed by atoms with E-state index in [1.165, 1.54) is 6.07 Å². The molecule has 0 fully saturated rings. The van der Waals surface area contributed by atoms with E-state index in [0.29, 0.717) is 23.3 Å². The van der Waals surface area contributed by atoms with Crippen LogP contribution in [0.25, 0.3) is 22.2 Å². The van der Waals surface area contributed by atoms with Gasteiger partial charge >= 0.3 is 0 Å². The molecule has 2 aromatic heterocycles. The fourth-order valence-corrected chi connectivity index (χ4v) is 2.42. The first-order valence-corrected chi connectivity index (χ1v) is 6.93. The van der Waals surface area contributed by atoms with Gasteiger partial charge in [0.25, 0.3) is 0 Å². The summed E-state index contributed by atoms with van der Waals surface area (Å²) in [6.45, 7) is 4.04. The predicted octanol–water partition coefficient (Wildman–Crippen LogP) is 3.39. The Kier molecular flexibility index (Phi) is 3.58. The number of anilines is 1. The average Bonchev–Trinajstić information content (AvgIpc) is 2.92. The molecule has 22 heavy (non-hydrogen) atoms. The third kappa shape index (κ3) is 2.43. The van der Waals surface area contributed by atoms with Crippen molar-refractivity contribution in [3.05, 3.63) is 42.6 Å². The van der Waals surface area contributed by atoms with E-state index >= 15 is 0 Å². The van der Waals surface area contributed by atoms with Crippen LogP contribution in [0.4, 0.5) is 10.2 Å². The van der Waals surface area contributed by atoms with E-state index in [4.69, 9.17) is 0 Å². The van der Waals surface area contributed by atoms with Crippen molar-refractivity contribution < 1.29 is 9.18 Å². The molecule has 6 heteroatoms. The van der Waals surface area contributed by atoms with Crippen molar-refractivity contribution in [2.24, 2.45) is 0 Å². The summed E-state index contributed by atoms with van der Waals surface area (Å²) in [6, 6.07) is 6.99. The van der Waals surface area contributed by atoms with E-state index in [2.05, 4.69) is 15.3 Å². The van der Waals surface area contributed by atoms with Crippen LogP contribution in [-0.2, 0) is 4.79 Å². The number of rotatable bonds is 4. The molecule has 1 amide bonds. The largest absolute Gasteiger partial charge is 0.328 e. The van der Waals surface area contributed by atoms with Gasteiger partial charge in [0.2, 0.25) is 6.41 Å². The molecule has 0 bridgehead atoms. The van der Waals surface area contributed by atoms with Crippen LogP contribution in [0.1, 0.15) is 19.9 Å². The van der Waals surface area contributed by atoms with Gasteiger partial charge in [-0.15, -0.1) is 0 Å². The number of carbonyl (C=O) groups is 1. The van der Waals surface area contributed by atoms with Crippen LogP contribution in [0.5, 0.6) is 0 Å². The summed E-state index contributed by atoms with van der Waals surface area (Å²) in [5.41, 5.74) is 2.59. The van der Waals surface area contributed by atoms with Crippen molar-refractivity contribution >= 4 is 23.3 Å². The van der Waals surface area contributed by atoms with Gasteiger partial charge in [-0.1, -0.05) is 0 Å². The molecule has 3 aromatic rings. The van der Waals surface area contributed by atoms with Gasteiger partial charge in [-0.25, -0.2) is 14.4 Å². The van der Waals surface area contributed by atoms with Crippen molar-refractivity contribution in [1.29, 1.82) is 0 Å². The van der Waals surface area contributed by atoms with Crippen LogP contribution >= 0.6 is 0 Å². The summed E-state index contributed by atoms with van der Waals surface area (Å²) in [6.07, 6.45) is 3.78. The summed E-state index contributed by atoms with van der Waals surface area (Å²) in [5, 5.41) is 2.49. The van der Waals surface area contributed by atoms with E-state index in [9.17, 15) is 9.18 Å². The zero-order chi connectivity index (χ0) is 15.7. The highest BCUT2D eigenvalue weighted by Crippen LogP contribution is 2.28. The van der Waals surface area contributed by atoms with Gasteiger partial charge in [0.15, 0.2) is 5.82 Å². The third-order valence-electron chi connectivity index (χ3n) is 3.49. The number of carbonyl (C=O) groups excluding carboxylic acids is 1. The molecule has 0 aliphatic carbocycles. The van der Waals surface area contributed by atoms with Crippen LogP contribution in [0.3, 0.4) is 0 Å². The zero-order valence-corrected chi connectivity index (χ0v) is 12.2. The smallest absolute Gasteiger partial charge is 0.212 e. The molecule has 3 rings (SSSR count). The summed E-state index contributed by atoms with van der Waals surface area (Å²) >= 11 is 0. The highest BCUT2D eigenvalue weighted by molar-refractivity contribution is 5.83. The minimum atomic E-state index is -0.367. The van der Waals surface area contributed by atoms with Crippen LogP contribution in [0.2, 0.25) is 0 Å². The van der Waals surface area contributed by atoms with E-state index in [1.807, 2.05) is 24.5 Å². The predicted molar refractivity (Wildman–Crippen MR) is 83.0 cm³/mol. The Morgan fingerprint density at radius 3 is 2.77 bits per heavy atom. The highest BCUT2D eigenvalue weighted by atomic mass is 19.1. The maximum Gasteiger partial charge on any atom is 0.212 e. The molecule has 0 saturated heterocycles. The monoisotopic (exact) mass is 298 g/mol. The number of aromatic nitrogens is 3. The Labute approximate surface area is 126 Å². The molecule has 1 aromatic carbocycles. The van der Waals surface area contributed by atoms with E-state index < -0.39 is 0 Å². The number of imidazole rings is 1. The lowest BCUT2D eigenvalue weighted by molar-refractivity contribution is -0.105. The number of pyridine rings is 1. The summed E-state index contributed by atoms with van der Waals surface area (Å²) < 4.78 is 16.2. The maximum absolute atomic E-state index is 14.3. The summed E-state index contributed by atoms with van der Waals surface area (Å²) in [4.78, 5) is 18.7. The molecule has 112 valence electrons. The maximum atomic E-state index is 14.3. The standard InChI is InChI=1S/C16H15FN4O/c1-10(2)21-8-19-16-13(17)5-12(6-14(16)21)11-3-4-18-15(7-11)20-9-22/h3-10H,1-2H3,(H,18,20,22). The van der Waals surface area contributed by atoms with Gasteiger partial charge in [-0.3, -0.25) is 4.79 Å². The molecule has 0 unspecified atom stereocenters. The number of amides is 1. The minimum absolute atomic E-state index is 0.185. The number of nitrogens with zero attached hydrogens (tertiary/aromatic N) is 3. The molecule has 5 nitrogen and oxygen atoms in total. The molecule has 0 aliphatic rings. The second kappa shape index (κ2) is 5.55.